The lowest BCUT2D eigenvalue weighted by Gasteiger charge is -2.21. The Kier molecular flexibility index (Phi) is 3.70. The highest BCUT2D eigenvalue weighted by molar-refractivity contribution is 8.14. The summed E-state index contributed by atoms with van der Waals surface area (Å²) in [6.07, 6.45) is 0.846. The summed E-state index contributed by atoms with van der Waals surface area (Å²) in [6, 6.07) is 0. The van der Waals surface area contributed by atoms with Crippen molar-refractivity contribution in [2.75, 3.05) is 5.75 Å². The first-order chi connectivity index (χ1) is 8.85. The third-order valence-electron chi connectivity index (χ3n) is 2.23. The summed E-state index contributed by atoms with van der Waals surface area (Å²) < 4.78 is 0. The average molecular weight is 281 g/mol. The van der Waals surface area contributed by atoms with E-state index in [9.17, 15) is 9.59 Å². The highest BCUT2D eigenvalue weighted by Gasteiger charge is 2.30. The third-order valence-corrected chi connectivity index (χ3v) is 3.12. The monoisotopic (exact) mass is 281 g/mol. The fraction of sp³-hybridized carbons (Fsp3) is 0.545. The van der Waals surface area contributed by atoms with E-state index in [2.05, 4.69) is 25.9 Å². The van der Waals surface area contributed by atoms with Gasteiger partial charge >= 0.3 is 0 Å². The fourth-order valence-corrected chi connectivity index (χ4v) is 2.21. The SMILES string of the molecule is CC(C)(C)NC(=O)CSC1=NC2N=NC=C2C(=O)N1. The molecule has 0 fully saturated rings. The van der Waals surface area contributed by atoms with Crippen molar-refractivity contribution in [1.82, 2.24) is 10.6 Å². The van der Waals surface area contributed by atoms with E-state index in [4.69, 9.17) is 0 Å². The van der Waals surface area contributed by atoms with Crippen LogP contribution in [-0.4, -0.2) is 34.4 Å². The summed E-state index contributed by atoms with van der Waals surface area (Å²) >= 11 is 1.18. The van der Waals surface area contributed by atoms with E-state index in [1.165, 1.54) is 18.0 Å². The summed E-state index contributed by atoms with van der Waals surface area (Å²) in [5.74, 6) is -0.174. The molecule has 0 radical (unpaired) electrons. The number of hydrogen-bond acceptors (Lipinski definition) is 6. The number of carbonyl (C=O) groups excluding carboxylic acids is 2. The smallest absolute Gasteiger partial charge is 0.258 e. The minimum Gasteiger partial charge on any atom is -0.351 e. The Hall–Kier alpha value is -1.70. The Labute approximate surface area is 115 Å². The van der Waals surface area contributed by atoms with Gasteiger partial charge in [0.15, 0.2) is 11.3 Å². The van der Waals surface area contributed by atoms with Crippen molar-refractivity contribution in [3.63, 3.8) is 0 Å². The van der Waals surface area contributed by atoms with E-state index in [1.54, 1.807) is 0 Å². The van der Waals surface area contributed by atoms with Crippen LogP contribution in [0.3, 0.4) is 0 Å². The number of nitrogens with zero attached hydrogens (tertiary/aromatic N) is 3. The number of nitrogens with one attached hydrogen (secondary N) is 2. The zero-order chi connectivity index (χ0) is 14.0. The van der Waals surface area contributed by atoms with Crippen molar-refractivity contribution in [2.24, 2.45) is 15.2 Å². The molecule has 0 aromatic heterocycles. The van der Waals surface area contributed by atoms with Gasteiger partial charge in [0.2, 0.25) is 5.91 Å². The molecule has 102 valence electrons. The summed E-state index contributed by atoms with van der Waals surface area (Å²) in [5, 5.41) is 13.3. The van der Waals surface area contributed by atoms with Crippen LogP contribution in [0.25, 0.3) is 0 Å². The maximum Gasteiger partial charge on any atom is 0.258 e. The second-order valence-corrected chi connectivity index (χ2v) is 6.13. The second-order valence-electron chi connectivity index (χ2n) is 5.16. The molecule has 2 aliphatic rings. The molecule has 2 aliphatic heterocycles. The molecule has 0 saturated heterocycles. The van der Waals surface area contributed by atoms with E-state index in [1.807, 2.05) is 20.8 Å². The molecule has 2 amide bonds. The van der Waals surface area contributed by atoms with Gasteiger partial charge in [-0.05, 0) is 20.8 Å². The molecule has 1 unspecified atom stereocenters. The fourth-order valence-electron chi connectivity index (χ4n) is 1.53. The van der Waals surface area contributed by atoms with Crippen LogP contribution >= 0.6 is 11.8 Å². The molecule has 0 saturated carbocycles. The second kappa shape index (κ2) is 5.12. The van der Waals surface area contributed by atoms with Crippen LogP contribution in [-0.2, 0) is 9.59 Å². The third kappa shape index (κ3) is 3.63. The van der Waals surface area contributed by atoms with Gasteiger partial charge in [0, 0.05) is 5.54 Å². The minimum atomic E-state index is -0.554. The van der Waals surface area contributed by atoms with Crippen molar-refractivity contribution in [3.05, 3.63) is 11.8 Å². The van der Waals surface area contributed by atoms with Gasteiger partial charge in [0.1, 0.15) is 0 Å². The van der Waals surface area contributed by atoms with Crippen LogP contribution in [0.2, 0.25) is 0 Å². The first-order valence-corrected chi connectivity index (χ1v) is 6.77. The number of thioether (sulfide) groups is 1. The van der Waals surface area contributed by atoms with Crippen LogP contribution in [0.5, 0.6) is 0 Å². The molecule has 0 bridgehead atoms. The number of amidine groups is 1. The highest BCUT2D eigenvalue weighted by atomic mass is 32.2. The number of carbonyl (C=O) groups is 2. The molecule has 0 aliphatic carbocycles. The summed E-state index contributed by atoms with van der Waals surface area (Å²) in [4.78, 5) is 27.5. The molecule has 7 nitrogen and oxygen atoms in total. The normalized spacial score (nSPS) is 21.4. The van der Waals surface area contributed by atoms with Crippen LogP contribution in [0.4, 0.5) is 0 Å². The molecule has 1 atom stereocenters. The van der Waals surface area contributed by atoms with Gasteiger partial charge in [-0.2, -0.15) is 10.2 Å². The molecule has 2 rings (SSSR count). The predicted octanol–water partition coefficient (Wildman–Crippen LogP) is 0.796. The number of azo groups is 1. The van der Waals surface area contributed by atoms with Gasteiger partial charge in [-0.3, -0.25) is 9.59 Å². The van der Waals surface area contributed by atoms with Crippen molar-refractivity contribution >= 4 is 28.7 Å². The van der Waals surface area contributed by atoms with Crippen LogP contribution < -0.4 is 10.6 Å². The largest absolute Gasteiger partial charge is 0.351 e. The number of rotatable bonds is 2. The predicted molar refractivity (Wildman–Crippen MR) is 72.7 cm³/mol. The molecule has 19 heavy (non-hydrogen) atoms. The lowest BCUT2D eigenvalue weighted by molar-refractivity contribution is -0.120. The topological polar surface area (TPSA) is 95.3 Å². The van der Waals surface area contributed by atoms with Gasteiger partial charge in [0.25, 0.3) is 5.91 Å². The zero-order valence-corrected chi connectivity index (χ0v) is 11.7. The van der Waals surface area contributed by atoms with Crippen molar-refractivity contribution < 1.29 is 9.59 Å². The molecule has 2 N–H and O–H groups in total. The first kappa shape index (κ1) is 13.7. The van der Waals surface area contributed by atoms with E-state index in [0.29, 0.717) is 10.7 Å². The highest BCUT2D eigenvalue weighted by Crippen LogP contribution is 2.21. The Morgan fingerprint density at radius 2 is 2.26 bits per heavy atom. The molecule has 2 heterocycles. The maximum atomic E-state index is 11.7. The van der Waals surface area contributed by atoms with E-state index in [0.717, 1.165) is 0 Å². The summed E-state index contributed by atoms with van der Waals surface area (Å²) in [7, 11) is 0. The number of aliphatic imine (C=N–C) groups is 1. The summed E-state index contributed by atoms with van der Waals surface area (Å²) in [6.45, 7) is 5.72. The maximum absolute atomic E-state index is 11.7. The Bertz CT molecular complexity index is 504. The van der Waals surface area contributed by atoms with Crippen LogP contribution in [0.1, 0.15) is 20.8 Å². The zero-order valence-electron chi connectivity index (χ0n) is 10.9. The molecular formula is C11H15N5O2S. The summed E-state index contributed by atoms with van der Waals surface area (Å²) in [5.41, 5.74) is 0.161. The van der Waals surface area contributed by atoms with Gasteiger partial charge in [-0.15, -0.1) is 0 Å². The van der Waals surface area contributed by atoms with Crippen molar-refractivity contribution in [2.45, 2.75) is 32.5 Å². The van der Waals surface area contributed by atoms with Gasteiger partial charge in [-0.1, -0.05) is 11.8 Å². The number of fused-ring (bicyclic) bond motifs is 1. The van der Waals surface area contributed by atoms with E-state index < -0.39 is 6.17 Å². The van der Waals surface area contributed by atoms with Crippen LogP contribution in [0.15, 0.2) is 27.0 Å². The van der Waals surface area contributed by atoms with Crippen molar-refractivity contribution in [3.8, 4) is 0 Å². The average Bonchev–Trinajstić information content (AvgIpc) is 2.72. The lowest BCUT2D eigenvalue weighted by Crippen LogP contribution is -2.43. The van der Waals surface area contributed by atoms with Gasteiger partial charge < -0.3 is 10.6 Å². The molecular weight excluding hydrogens is 266 g/mol. The Morgan fingerprint density at radius 1 is 1.53 bits per heavy atom. The van der Waals surface area contributed by atoms with E-state index in [-0.39, 0.29) is 23.1 Å². The molecule has 0 aromatic rings. The van der Waals surface area contributed by atoms with E-state index >= 15 is 0 Å². The van der Waals surface area contributed by atoms with Crippen molar-refractivity contribution in [1.29, 1.82) is 0 Å². The van der Waals surface area contributed by atoms with Gasteiger partial charge in [-0.25, -0.2) is 4.99 Å². The quantitative estimate of drug-likeness (QED) is 0.783. The first-order valence-electron chi connectivity index (χ1n) is 5.78. The lowest BCUT2D eigenvalue weighted by atomic mass is 10.1. The minimum absolute atomic E-state index is 0.108. The molecule has 8 heteroatoms. The van der Waals surface area contributed by atoms with Crippen LogP contribution in [0, 0.1) is 0 Å². The Balaban J connectivity index is 1.90. The number of hydrogen-bond donors (Lipinski definition) is 2. The molecule has 0 aromatic carbocycles. The number of amides is 2. The Morgan fingerprint density at radius 3 is 2.95 bits per heavy atom. The molecule has 0 spiro atoms. The van der Waals surface area contributed by atoms with Gasteiger partial charge in [0.05, 0.1) is 17.5 Å². The standard InChI is InChI=1S/C11H15N5O2S/c1-11(2,3)15-7(17)5-19-10-13-8-6(4-12-16-8)9(18)14-10/h4,8H,5H2,1-3H3,(H,15,17)(H,13,14,18).